The third kappa shape index (κ3) is 10.4. The monoisotopic (exact) mass is 512 g/mol. The van der Waals surface area contributed by atoms with Crippen LogP contribution >= 0.6 is 0 Å². The number of nitrogens with one attached hydrogen (secondary N) is 1. The number of ether oxygens (including phenoxy) is 2. The van der Waals surface area contributed by atoms with Crippen molar-refractivity contribution in [1.29, 1.82) is 0 Å². The van der Waals surface area contributed by atoms with Crippen LogP contribution in [0, 0.1) is 0 Å². The predicted octanol–water partition coefficient (Wildman–Crippen LogP) is 6.59. The van der Waals surface area contributed by atoms with Crippen LogP contribution in [0.2, 0.25) is 0 Å². The Balaban J connectivity index is 1.96. The number of unbranched alkanes of at least 4 members (excludes halogenated alkanes) is 2. The molecule has 206 valence electrons. The summed E-state index contributed by atoms with van der Waals surface area (Å²) in [6.45, 7) is 15.9. The number of benzene rings is 1. The molecule has 2 rings (SSSR count). The minimum absolute atomic E-state index is 0.109. The van der Waals surface area contributed by atoms with Crippen molar-refractivity contribution < 1.29 is 19.1 Å². The van der Waals surface area contributed by atoms with Crippen molar-refractivity contribution in [3.05, 3.63) is 41.0 Å². The molecule has 1 aliphatic heterocycles. The van der Waals surface area contributed by atoms with E-state index in [1.807, 2.05) is 18.2 Å². The first-order valence-corrected chi connectivity index (χ1v) is 14.0. The minimum atomic E-state index is -0.437. The van der Waals surface area contributed by atoms with Crippen LogP contribution in [-0.4, -0.2) is 55.0 Å². The molecule has 1 aliphatic rings. The molecule has 0 aromatic heterocycles. The van der Waals surface area contributed by atoms with E-state index in [0.29, 0.717) is 29.2 Å². The van der Waals surface area contributed by atoms with Crippen molar-refractivity contribution >= 4 is 17.8 Å². The van der Waals surface area contributed by atoms with Crippen LogP contribution in [0.4, 0.5) is 0 Å². The molecule has 0 fully saturated rings. The van der Waals surface area contributed by atoms with Crippen molar-refractivity contribution in [3.8, 4) is 11.5 Å². The van der Waals surface area contributed by atoms with E-state index in [0.717, 1.165) is 38.9 Å². The number of hydrogen-bond acceptors (Lipinski definition) is 5. The third-order valence-electron chi connectivity index (χ3n) is 6.65. The Morgan fingerprint density at radius 1 is 1.05 bits per heavy atom. The maximum absolute atomic E-state index is 12.5. The van der Waals surface area contributed by atoms with Crippen LogP contribution in [0.1, 0.15) is 102 Å². The van der Waals surface area contributed by atoms with Crippen molar-refractivity contribution in [1.82, 2.24) is 10.2 Å². The Bertz CT molecular complexity index is 941. The van der Waals surface area contributed by atoms with Gasteiger partial charge in [0, 0.05) is 6.54 Å². The van der Waals surface area contributed by atoms with Gasteiger partial charge in [-0.3, -0.25) is 9.59 Å². The van der Waals surface area contributed by atoms with Crippen LogP contribution in [-0.2, 0) is 4.79 Å². The summed E-state index contributed by atoms with van der Waals surface area (Å²) in [7, 11) is 0. The molecule has 0 saturated heterocycles. The van der Waals surface area contributed by atoms with Crippen molar-refractivity contribution in [3.63, 3.8) is 0 Å². The van der Waals surface area contributed by atoms with Crippen molar-refractivity contribution in [2.24, 2.45) is 0 Å². The molecule has 0 bridgehead atoms. The number of amides is 1. The number of fused-ring (bicyclic) bond motifs is 1. The maximum Gasteiger partial charge on any atom is 0.257 e. The fourth-order valence-electron chi connectivity index (χ4n) is 4.41. The van der Waals surface area contributed by atoms with Gasteiger partial charge in [0.15, 0.2) is 12.4 Å². The summed E-state index contributed by atoms with van der Waals surface area (Å²) in [4.78, 5) is 27.3. The maximum atomic E-state index is 12.5. The molecule has 1 atom stereocenters. The van der Waals surface area contributed by atoms with Gasteiger partial charge in [-0.1, -0.05) is 38.3 Å². The quantitative estimate of drug-likeness (QED) is 0.145. The zero-order valence-electron chi connectivity index (χ0n) is 24.0. The standard InChI is InChI=1S/C31H48N2O4/c1-7-9-20-33(21-10-8-2)22-12-19-32-29(35)23-36-30-26(25(5)34)14-15-28-27(30)16-18-31(6,37-28)17-11-13-24(3)4/h13-16,18H,7-12,17,19-23H2,1-6H3,(H,32,35). The summed E-state index contributed by atoms with van der Waals surface area (Å²) in [5, 5.41) is 2.96. The average molecular weight is 513 g/mol. The predicted molar refractivity (Wildman–Crippen MR) is 153 cm³/mol. The van der Waals surface area contributed by atoms with Gasteiger partial charge in [0.1, 0.15) is 17.1 Å². The fourth-order valence-corrected chi connectivity index (χ4v) is 4.41. The molecule has 1 aromatic rings. The van der Waals surface area contributed by atoms with E-state index in [1.54, 1.807) is 6.07 Å². The van der Waals surface area contributed by atoms with E-state index >= 15 is 0 Å². The molecule has 1 N–H and O–H groups in total. The lowest BCUT2D eigenvalue weighted by molar-refractivity contribution is -0.123. The first kappa shape index (κ1) is 30.6. The summed E-state index contributed by atoms with van der Waals surface area (Å²) in [5.74, 6) is 0.783. The van der Waals surface area contributed by atoms with Gasteiger partial charge in [0.05, 0.1) is 11.1 Å². The average Bonchev–Trinajstić information content (AvgIpc) is 2.85. The van der Waals surface area contributed by atoms with Gasteiger partial charge in [0.2, 0.25) is 0 Å². The summed E-state index contributed by atoms with van der Waals surface area (Å²) >= 11 is 0. The van der Waals surface area contributed by atoms with Gasteiger partial charge in [-0.25, -0.2) is 0 Å². The van der Waals surface area contributed by atoms with Crippen LogP contribution in [0.15, 0.2) is 29.9 Å². The molecular weight excluding hydrogens is 464 g/mol. The van der Waals surface area contributed by atoms with Gasteiger partial charge in [0.25, 0.3) is 5.91 Å². The Morgan fingerprint density at radius 2 is 1.73 bits per heavy atom. The molecule has 0 spiro atoms. The topological polar surface area (TPSA) is 67.9 Å². The Kier molecular flexibility index (Phi) is 12.9. The van der Waals surface area contributed by atoms with Crippen LogP contribution < -0.4 is 14.8 Å². The molecular formula is C31H48N2O4. The zero-order chi connectivity index (χ0) is 27.3. The molecule has 1 unspecified atom stereocenters. The van der Waals surface area contributed by atoms with Crippen LogP contribution in [0.25, 0.3) is 6.08 Å². The number of hydrogen-bond donors (Lipinski definition) is 1. The second kappa shape index (κ2) is 15.6. The van der Waals surface area contributed by atoms with E-state index in [9.17, 15) is 9.59 Å². The lowest BCUT2D eigenvalue weighted by Crippen LogP contribution is -2.34. The summed E-state index contributed by atoms with van der Waals surface area (Å²) in [6, 6.07) is 3.55. The number of allylic oxidation sites excluding steroid dienone is 2. The van der Waals surface area contributed by atoms with E-state index in [1.165, 1.54) is 38.2 Å². The Morgan fingerprint density at radius 3 is 2.35 bits per heavy atom. The van der Waals surface area contributed by atoms with Crippen LogP contribution in [0.5, 0.6) is 11.5 Å². The highest BCUT2D eigenvalue weighted by atomic mass is 16.5. The molecule has 1 heterocycles. The van der Waals surface area contributed by atoms with Crippen LogP contribution in [0.3, 0.4) is 0 Å². The number of nitrogens with zero attached hydrogens (tertiary/aromatic N) is 1. The zero-order valence-corrected chi connectivity index (χ0v) is 24.0. The highest BCUT2D eigenvalue weighted by Gasteiger charge is 2.29. The van der Waals surface area contributed by atoms with Crippen molar-refractivity contribution in [2.75, 3.05) is 32.8 Å². The second-order valence-electron chi connectivity index (χ2n) is 10.5. The molecule has 6 heteroatoms. The summed E-state index contributed by atoms with van der Waals surface area (Å²) in [6.07, 6.45) is 13.6. The fraction of sp³-hybridized carbons (Fsp3) is 0.613. The molecule has 37 heavy (non-hydrogen) atoms. The first-order valence-electron chi connectivity index (χ1n) is 14.0. The molecule has 0 aliphatic carbocycles. The van der Waals surface area contributed by atoms with E-state index in [-0.39, 0.29) is 18.3 Å². The smallest absolute Gasteiger partial charge is 0.257 e. The normalized spacial score (nSPS) is 16.2. The summed E-state index contributed by atoms with van der Waals surface area (Å²) in [5.41, 5.74) is 2.01. The van der Waals surface area contributed by atoms with E-state index < -0.39 is 5.60 Å². The Hall–Kier alpha value is -2.60. The van der Waals surface area contributed by atoms with Gasteiger partial charge < -0.3 is 19.7 Å². The van der Waals surface area contributed by atoms with E-state index in [2.05, 4.69) is 50.9 Å². The molecule has 6 nitrogen and oxygen atoms in total. The van der Waals surface area contributed by atoms with Gasteiger partial charge in [-0.15, -0.1) is 0 Å². The number of carbonyl (C=O) groups is 2. The third-order valence-corrected chi connectivity index (χ3v) is 6.65. The summed E-state index contributed by atoms with van der Waals surface area (Å²) < 4.78 is 12.3. The highest BCUT2D eigenvalue weighted by molar-refractivity contribution is 5.99. The number of Topliss-reactive ketones (excluding diaryl/α,β-unsaturated/α-hetero) is 1. The lowest BCUT2D eigenvalue weighted by Gasteiger charge is -2.32. The largest absolute Gasteiger partial charge is 0.483 e. The molecule has 1 amide bonds. The van der Waals surface area contributed by atoms with Gasteiger partial charge in [-0.05, 0) is 104 Å². The number of rotatable bonds is 17. The molecule has 0 radical (unpaired) electrons. The number of carbonyl (C=O) groups excluding carboxylic acids is 2. The lowest BCUT2D eigenvalue weighted by atomic mass is 9.93. The second-order valence-corrected chi connectivity index (χ2v) is 10.5. The van der Waals surface area contributed by atoms with Gasteiger partial charge in [-0.2, -0.15) is 0 Å². The molecule has 0 saturated carbocycles. The first-order chi connectivity index (χ1) is 17.7. The van der Waals surface area contributed by atoms with Gasteiger partial charge >= 0.3 is 0 Å². The minimum Gasteiger partial charge on any atom is -0.483 e. The van der Waals surface area contributed by atoms with E-state index in [4.69, 9.17) is 9.47 Å². The van der Waals surface area contributed by atoms with Crippen molar-refractivity contribution in [2.45, 2.75) is 92.1 Å². The SMILES string of the molecule is CCCCN(CCCC)CCCNC(=O)COc1c(C(C)=O)ccc2c1C=CC(C)(CCC=C(C)C)O2. The number of ketones is 1. The highest BCUT2D eigenvalue weighted by Crippen LogP contribution is 2.40. The molecule has 1 aromatic carbocycles. The Labute approximate surface area is 224 Å².